The van der Waals surface area contributed by atoms with Crippen LogP contribution in [-0.2, 0) is 6.54 Å². The van der Waals surface area contributed by atoms with Crippen molar-refractivity contribution >= 4 is 22.6 Å². The average Bonchev–Trinajstić information content (AvgIpc) is 3.25. The Hall–Kier alpha value is -3.64. The number of aryl methyl sites for hydroxylation is 1. The normalized spacial score (nSPS) is 14.8. The summed E-state index contributed by atoms with van der Waals surface area (Å²) in [6, 6.07) is 37.4. The fraction of sp³-hybridized carbons (Fsp3) is 0.242. The van der Waals surface area contributed by atoms with Crippen molar-refractivity contribution in [2.75, 3.05) is 32.7 Å². The summed E-state index contributed by atoms with van der Waals surface area (Å²) >= 11 is 6.32. The molecule has 1 aromatic heterocycles. The highest BCUT2D eigenvalue weighted by atomic mass is 35.5. The highest BCUT2D eigenvalue weighted by Crippen LogP contribution is 2.29. The number of nitrogens with zero attached hydrogens (tertiary/aromatic N) is 4. The minimum atomic E-state index is -0.0168. The van der Waals surface area contributed by atoms with Crippen molar-refractivity contribution in [3.63, 3.8) is 0 Å². The summed E-state index contributed by atoms with van der Waals surface area (Å²) in [4.78, 5) is 18.7. The molecular weight excluding hydrogens is 504 g/mol. The van der Waals surface area contributed by atoms with E-state index in [1.54, 1.807) is 4.57 Å². The third-order valence-electron chi connectivity index (χ3n) is 7.76. The number of fused-ring (bicyclic) bond motifs is 1. The standard InChI is InChI=1S/C33H33ClN4O/c34-28-17-18-30-31(25-28)38(29-15-8-3-9-16-29)33(39)37(30)20-10-19-35-21-23-36(24-22-35)32(26-11-4-1-5-12-26)27-13-6-2-7-14-27/h1-9,11-18,25,32H,10,19-24H2. The van der Waals surface area contributed by atoms with Crippen LogP contribution in [0, 0.1) is 0 Å². The van der Waals surface area contributed by atoms with Gasteiger partial charge in [0.05, 0.1) is 22.8 Å². The van der Waals surface area contributed by atoms with Crippen LogP contribution >= 0.6 is 11.6 Å². The van der Waals surface area contributed by atoms with Gasteiger partial charge in [-0.25, -0.2) is 4.79 Å². The maximum Gasteiger partial charge on any atom is 0.333 e. The van der Waals surface area contributed by atoms with E-state index in [-0.39, 0.29) is 11.7 Å². The molecule has 0 atom stereocenters. The number of hydrogen-bond donors (Lipinski definition) is 0. The van der Waals surface area contributed by atoms with E-state index in [0.717, 1.165) is 55.9 Å². The maximum atomic E-state index is 13.5. The molecule has 0 aliphatic carbocycles. The van der Waals surface area contributed by atoms with Crippen LogP contribution in [0.25, 0.3) is 16.7 Å². The van der Waals surface area contributed by atoms with Crippen molar-refractivity contribution in [1.29, 1.82) is 0 Å². The Bertz CT molecular complexity index is 1530. The lowest BCUT2D eigenvalue weighted by molar-refractivity contribution is 0.108. The lowest BCUT2D eigenvalue weighted by Gasteiger charge is -2.39. The quantitative estimate of drug-likeness (QED) is 0.235. The minimum Gasteiger partial charge on any atom is -0.301 e. The number of hydrogen-bond acceptors (Lipinski definition) is 3. The van der Waals surface area contributed by atoms with E-state index in [9.17, 15) is 4.79 Å². The van der Waals surface area contributed by atoms with Crippen molar-refractivity contribution in [2.24, 2.45) is 0 Å². The lowest BCUT2D eigenvalue weighted by Crippen LogP contribution is -2.48. The summed E-state index contributed by atoms with van der Waals surface area (Å²) in [5, 5.41) is 0.631. The van der Waals surface area contributed by atoms with Gasteiger partial charge in [0.1, 0.15) is 0 Å². The molecular formula is C33H33ClN4O. The molecule has 0 N–H and O–H groups in total. The highest BCUT2D eigenvalue weighted by molar-refractivity contribution is 6.31. The van der Waals surface area contributed by atoms with Gasteiger partial charge in [-0.2, -0.15) is 0 Å². The van der Waals surface area contributed by atoms with Gasteiger partial charge in [0, 0.05) is 37.7 Å². The molecule has 5 nitrogen and oxygen atoms in total. The second kappa shape index (κ2) is 11.6. The van der Waals surface area contributed by atoms with Crippen molar-refractivity contribution < 1.29 is 0 Å². The van der Waals surface area contributed by atoms with Crippen molar-refractivity contribution in [2.45, 2.75) is 19.0 Å². The number of imidazole rings is 1. The molecule has 1 fully saturated rings. The zero-order chi connectivity index (χ0) is 26.6. The predicted octanol–water partition coefficient (Wildman–Crippen LogP) is 6.24. The van der Waals surface area contributed by atoms with Crippen LogP contribution in [0.1, 0.15) is 23.6 Å². The van der Waals surface area contributed by atoms with Gasteiger partial charge in [0.15, 0.2) is 0 Å². The number of benzene rings is 4. The Kier molecular flexibility index (Phi) is 7.64. The molecule has 1 aliphatic rings. The van der Waals surface area contributed by atoms with Crippen LogP contribution in [0.4, 0.5) is 0 Å². The van der Waals surface area contributed by atoms with Crippen LogP contribution in [0.3, 0.4) is 0 Å². The van der Waals surface area contributed by atoms with Gasteiger partial charge in [-0.15, -0.1) is 0 Å². The van der Waals surface area contributed by atoms with E-state index in [2.05, 4.69) is 70.5 Å². The number of aromatic nitrogens is 2. The van der Waals surface area contributed by atoms with Gasteiger partial charge >= 0.3 is 5.69 Å². The molecule has 198 valence electrons. The molecule has 0 amide bonds. The van der Waals surface area contributed by atoms with E-state index in [1.807, 2.05) is 53.1 Å². The molecule has 0 unspecified atom stereocenters. The van der Waals surface area contributed by atoms with Gasteiger partial charge in [-0.3, -0.25) is 14.0 Å². The molecule has 0 radical (unpaired) electrons. The fourth-order valence-corrected chi connectivity index (χ4v) is 6.02. The second-order valence-corrected chi connectivity index (χ2v) is 10.6. The first-order valence-electron chi connectivity index (χ1n) is 13.7. The number of halogens is 1. The highest BCUT2D eigenvalue weighted by Gasteiger charge is 2.26. The summed E-state index contributed by atoms with van der Waals surface area (Å²) < 4.78 is 3.67. The molecule has 6 rings (SSSR count). The summed E-state index contributed by atoms with van der Waals surface area (Å²) in [6.45, 7) is 5.71. The van der Waals surface area contributed by atoms with Gasteiger partial charge < -0.3 is 4.90 Å². The molecule has 0 spiro atoms. The molecule has 1 aliphatic heterocycles. The number of para-hydroxylation sites is 1. The molecule has 0 bridgehead atoms. The summed E-state index contributed by atoms with van der Waals surface area (Å²) in [5.74, 6) is 0. The van der Waals surface area contributed by atoms with E-state index < -0.39 is 0 Å². The largest absolute Gasteiger partial charge is 0.333 e. The zero-order valence-corrected chi connectivity index (χ0v) is 22.8. The monoisotopic (exact) mass is 536 g/mol. The number of piperazine rings is 1. The van der Waals surface area contributed by atoms with Crippen molar-refractivity contribution in [1.82, 2.24) is 18.9 Å². The average molecular weight is 537 g/mol. The van der Waals surface area contributed by atoms with E-state index in [1.165, 1.54) is 11.1 Å². The molecule has 2 heterocycles. The molecule has 6 heteroatoms. The Morgan fingerprint density at radius 1 is 0.667 bits per heavy atom. The first-order chi connectivity index (χ1) is 19.2. The third kappa shape index (κ3) is 5.44. The van der Waals surface area contributed by atoms with Crippen LogP contribution in [0.2, 0.25) is 5.02 Å². The summed E-state index contributed by atoms with van der Waals surface area (Å²) in [5.41, 5.74) is 5.29. The fourth-order valence-electron chi connectivity index (χ4n) is 5.86. The predicted molar refractivity (Wildman–Crippen MR) is 160 cm³/mol. The maximum absolute atomic E-state index is 13.5. The third-order valence-corrected chi connectivity index (χ3v) is 8.00. The van der Waals surface area contributed by atoms with E-state index >= 15 is 0 Å². The van der Waals surface area contributed by atoms with Crippen LogP contribution in [0.5, 0.6) is 0 Å². The van der Waals surface area contributed by atoms with Crippen molar-refractivity contribution in [3.8, 4) is 5.69 Å². The van der Waals surface area contributed by atoms with E-state index in [4.69, 9.17) is 11.6 Å². The Morgan fingerprint density at radius 3 is 1.87 bits per heavy atom. The Morgan fingerprint density at radius 2 is 1.26 bits per heavy atom. The summed E-state index contributed by atoms with van der Waals surface area (Å²) in [6.07, 6.45) is 0.914. The minimum absolute atomic E-state index is 0.0168. The summed E-state index contributed by atoms with van der Waals surface area (Å²) in [7, 11) is 0. The molecule has 1 saturated heterocycles. The van der Waals surface area contributed by atoms with Gasteiger partial charge in [0.2, 0.25) is 0 Å². The zero-order valence-electron chi connectivity index (χ0n) is 22.0. The molecule has 39 heavy (non-hydrogen) atoms. The second-order valence-electron chi connectivity index (χ2n) is 10.2. The molecule has 4 aromatic carbocycles. The van der Waals surface area contributed by atoms with Gasteiger partial charge in [-0.05, 0) is 54.4 Å². The van der Waals surface area contributed by atoms with E-state index in [0.29, 0.717) is 11.6 Å². The van der Waals surface area contributed by atoms with Crippen LogP contribution < -0.4 is 5.69 Å². The number of rotatable bonds is 8. The van der Waals surface area contributed by atoms with Crippen LogP contribution in [0.15, 0.2) is 114 Å². The first-order valence-corrected chi connectivity index (χ1v) is 14.1. The van der Waals surface area contributed by atoms with Crippen molar-refractivity contribution in [3.05, 3.63) is 136 Å². The lowest BCUT2D eigenvalue weighted by atomic mass is 9.96. The SMILES string of the molecule is O=c1n(CCCN2CCN(C(c3ccccc3)c3ccccc3)CC2)c2ccc(Cl)cc2n1-c1ccccc1. The smallest absolute Gasteiger partial charge is 0.301 e. The molecule has 0 saturated carbocycles. The van der Waals surface area contributed by atoms with Gasteiger partial charge in [-0.1, -0.05) is 90.5 Å². The topological polar surface area (TPSA) is 33.4 Å². The first kappa shape index (κ1) is 25.6. The van der Waals surface area contributed by atoms with Gasteiger partial charge in [0.25, 0.3) is 0 Å². The Labute approximate surface area is 234 Å². The Balaban J connectivity index is 1.13. The van der Waals surface area contributed by atoms with Crippen LogP contribution in [-0.4, -0.2) is 51.7 Å². The molecule has 5 aromatic rings.